The molecule has 1 aromatic heterocycles. The molecule has 2 N–H and O–H groups in total. The van der Waals surface area contributed by atoms with Crippen molar-refractivity contribution < 1.29 is 9.59 Å². The van der Waals surface area contributed by atoms with Crippen molar-refractivity contribution in [2.24, 2.45) is 0 Å². The van der Waals surface area contributed by atoms with Gasteiger partial charge in [0.25, 0.3) is 11.5 Å². The Morgan fingerprint density at radius 3 is 2.59 bits per heavy atom. The van der Waals surface area contributed by atoms with Gasteiger partial charge in [-0.1, -0.05) is 30.3 Å². The molecule has 0 aliphatic rings. The Balaban J connectivity index is 1.75. The number of anilines is 1. The van der Waals surface area contributed by atoms with Crippen LogP contribution in [0.15, 0.2) is 64.3 Å². The second-order valence-electron chi connectivity index (χ2n) is 6.01. The highest BCUT2D eigenvalue weighted by Gasteiger charge is 2.19. The second-order valence-corrected chi connectivity index (χ2v) is 6.86. The van der Waals surface area contributed by atoms with Crippen molar-refractivity contribution in [1.29, 1.82) is 0 Å². The van der Waals surface area contributed by atoms with Crippen LogP contribution in [0.25, 0.3) is 10.9 Å². The molecule has 0 atom stereocenters. The molecule has 0 spiro atoms. The number of nitrogens with zero attached hydrogens (tertiary/aromatic N) is 1. The number of nitrogens with one attached hydrogen (secondary N) is 2. The number of benzene rings is 2. The summed E-state index contributed by atoms with van der Waals surface area (Å²) < 4.78 is 0. The molecule has 1 heterocycles. The number of H-pyrrole nitrogens is 1. The zero-order valence-corrected chi connectivity index (χ0v) is 15.8. The topological polar surface area (TPSA) is 82.3 Å². The minimum absolute atomic E-state index is 0.00788. The van der Waals surface area contributed by atoms with Gasteiger partial charge in [0.05, 0.1) is 12.2 Å². The Bertz CT molecular complexity index is 1060. The molecule has 3 aromatic rings. The Kier molecular flexibility index (Phi) is 5.61. The quantitative estimate of drug-likeness (QED) is 0.666. The number of aromatic nitrogens is 1. The number of hydrogen-bond donors (Lipinski definition) is 2. The monoisotopic (exact) mass is 381 g/mol. The molecule has 0 saturated heterocycles. The van der Waals surface area contributed by atoms with E-state index in [2.05, 4.69) is 10.3 Å². The zero-order chi connectivity index (χ0) is 19.4. The largest absolute Gasteiger partial charge is 0.332 e. The van der Waals surface area contributed by atoms with Crippen molar-refractivity contribution in [3.8, 4) is 0 Å². The number of rotatable bonds is 5. The summed E-state index contributed by atoms with van der Waals surface area (Å²) >= 11 is 1.52. The molecule has 2 aromatic carbocycles. The number of carbonyl (C=O) groups excluding carboxylic acids is 2. The maximum atomic E-state index is 12.6. The van der Waals surface area contributed by atoms with Crippen molar-refractivity contribution in [2.45, 2.75) is 4.90 Å². The van der Waals surface area contributed by atoms with Crippen molar-refractivity contribution in [1.82, 2.24) is 9.88 Å². The fraction of sp³-hybridized carbons (Fsp3) is 0.150. The molecule has 3 rings (SSSR count). The first-order valence-corrected chi connectivity index (χ1v) is 9.52. The maximum absolute atomic E-state index is 12.6. The summed E-state index contributed by atoms with van der Waals surface area (Å²) in [6, 6.07) is 16.2. The van der Waals surface area contributed by atoms with Gasteiger partial charge in [0.2, 0.25) is 5.91 Å². The lowest BCUT2D eigenvalue weighted by atomic mass is 10.1. The van der Waals surface area contributed by atoms with Gasteiger partial charge in [0, 0.05) is 17.5 Å². The zero-order valence-electron chi connectivity index (χ0n) is 15.0. The van der Waals surface area contributed by atoms with E-state index >= 15 is 0 Å². The van der Waals surface area contributed by atoms with E-state index in [9.17, 15) is 14.4 Å². The van der Waals surface area contributed by atoms with Crippen LogP contribution >= 0.6 is 11.8 Å². The standard InChI is InChI=1S/C20H19N3O3S/c1-23(12-18(24)21-16-9-5-6-10-17(16)27-2)20(26)14-11-13-7-3-4-8-15(13)22-19(14)25/h3-11H,12H2,1-2H3,(H,21,24)(H,22,25). The smallest absolute Gasteiger partial charge is 0.261 e. The van der Waals surface area contributed by atoms with Crippen LogP contribution < -0.4 is 10.9 Å². The normalized spacial score (nSPS) is 10.6. The molecular formula is C20H19N3O3S. The number of aromatic amines is 1. The van der Waals surface area contributed by atoms with Crippen molar-refractivity contribution in [3.63, 3.8) is 0 Å². The van der Waals surface area contributed by atoms with Gasteiger partial charge in [-0.3, -0.25) is 14.4 Å². The Morgan fingerprint density at radius 1 is 1.11 bits per heavy atom. The molecule has 7 heteroatoms. The average molecular weight is 381 g/mol. The summed E-state index contributed by atoms with van der Waals surface area (Å²) in [5.41, 5.74) is 0.889. The van der Waals surface area contributed by atoms with Crippen LogP contribution in [0, 0.1) is 0 Å². The van der Waals surface area contributed by atoms with E-state index in [0.717, 1.165) is 10.3 Å². The van der Waals surface area contributed by atoms with E-state index in [0.29, 0.717) is 11.2 Å². The predicted octanol–water partition coefficient (Wildman–Crippen LogP) is 2.96. The van der Waals surface area contributed by atoms with Crippen molar-refractivity contribution >= 4 is 40.2 Å². The first-order chi connectivity index (χ1) is 13.0. The third kappa shape index (κ3) is 4.20. The number of amides is 2. The Morgan fingerprint density at radius 2 is 1.81 bits per heavy atom. The summed E-state index contributed by atoms with van der Waals surface area (Å²) in [6.07, 6.45) is 1.92. The van der Waals surface area contributed by atoms with Crippen LogP contribution in [0.5, 0.6) is 0 Å². The molecule has 2 amide bonds. The summed E-state index contributed by atoms with van der Waals surface area (Å²) in [5.74, 6) is -0.833. The van der Waals surface area contributed by atoms with Gasteiger partial charge in [-0.15, -0.1) is 11.8 Å². The molecular weight excluding hydrogens is 362 g/mol. The Labute approximate surface area is 160 Å². The van der Waals surface area contributed by atoms with Crippen LogP contribution in [0.4, 0.5) is 5.69 Å². The molecule has 0 bridgehead atoms. The number of thioether (sulfide) groups is 1. The maximum Gasteiger partial charge on any atom is 0.261 e. The van der Waals surface area contributed by atoms with Crippen LogP contribution in [0.3, 0.4) is 0 Å². The molecule has 6 nitrogen and oxygen atoms in total. The van der Waals surface area contributed by atoms with Gasteiger partial charge in [-0.2, -0.15) is 0 Å². The summed E-state index contributed by atoms with van der Waals surface area (Å²) in [5, 5.41) is 3.56. The van der Waals surface area contributed by atoms with Gasteiger partial charge in [-0.25, -0.2) is 0 Å². The van der Waals surface area contributed by atoms with E-state index in [1.54, 1.807) is 18.2 Å². The minimum atomic E-state index is -0.504. The van der Waals surface area contributed by atoms with E-state index in [1.165, 1.54) is 23.7 Å². The highest BCUT2D eigenvalue weighted by molar-refractivity contribution is 7.98. The fourth-order valence-corrected chi connectivity index (χ4v) is 3.29. The van der Waals surface area contributed by atoms with Crippen LogP contribution in [0.2, 0.25) is 0 Å². The van der Waals surface area contributed by atoms with Crippen molar-refractivity contribution in [2.75, 3.05) is 25.2 Å². The van der Waals surface area contributed by atoms with Gasteiger partial charge >= 0.3 is 0 Å². The average Bonchev–Trinajstić information content (AvgIpc) is 2.67. The number of pyridine rings is 1. The molecule has 0 aliphatic heterocycles. The summed E-state index contributed by atoms with van der Waals surface area (Å²) in [7, 11) is 1.50. The molecule has 27 heavy (non-hydrogen) atoms. The van der Waals surface area contributed by atoms with E-state index < -0.39 is 11.5 Å². The lowest BCUT2D eigenvalue weighted by molar-refractivity contribution is -0.116. The lowest BCUT2D eigenvalue weighted by Crippen LogP contribution is -2.37. The fourth-order valence-electron chi connectivity index (χ4n) is 2.74. The van der Waals surface area contributed by atoms with Crippen LogP contribution in [-0.2, 0) is 4.79 Å². The van der Waals surface area contributed by atoms with Gasteiger partial charge in [0.1, 0.15) is 5.56 Å². The number of para-hydroxylation sites is 2. The molecule has 0 unspecified atom stereocenters. The SMILES string of the molecule is CSc1ccccc1NC(=O)CN(C)C(=O)c1cc2ccccc2[nH]c1=O. The van der Waals surface area contributed by atoms with Crippen LogP contribution in [-0.4, -0.2) is 41.5 Å². The summed E-state index contributed by atoms with van der Waals surface area (Å²) in [6.45, 7) is -0.159. The number of fused-ring (bicyclic) bond motifs is 1. The second kappa shape index (κ2) is 8.09. The minimum Gasteiger partial charge on any atom is -0.332 e. The molecule has 0 saturated carbocycles. The van der Waals surface area contributed by atoms with Gasteiger partial charge < -0.3 is 15.2 Å². The number of hydrogen-bond acceptors (Lipinski definition) is 4. The Hall–Kier alpha value is -3.06. The highest BCUT2D eigenvalue weighted by Crippen LogP contribution is 2.24. The number of carbonyl (C=O) groups is 2. The first kappa shape index (κ1) is 18.7. The number of likely N-dealkylation sites (N-methyl/N-ethyl adjacent to an activating group) is 1. The lowest BCUT2D eigenvalue weighted by Gasteiger charge is -2.17. The molecule has 0 radical (unpaired) electrons. The molecule has 0 aliphatic carbocycles. The third-order valence-corrected chi connectivity index (χ3v) is 4.89. The van der Waals surface area contributed by atoms with Crippen molar-refractivity contribution in [3.05, 3.63) is 70.5 Å². The first-order valence-electron chi connectivity index (χ1n) is 8.30. The molecule has 138 valence electrons. The van der Waals surface area contributed by atoms with E-state index in [1.807, 2.05) is 42.7 Å². The third-order valence-electron chi connectivity index (χ3n) is 4.09. The predicted molar refractivity (Wildman–Crippen MR) is 108 cm³/mol. The summed E-state index contributed by atoms with van der Waals surface area (Å²) in [4.78, 5) is 42.1. The van der Waals surface area contributed by atoms with Crippen LogP contribution in [0.1, 0.15) is 10.4 Å². The highest BCUT2D eigenvalue weighted by atomic mass is 32.2. The van der Waals surface area contributed by atoms with E-state index in [-0.39, 0.29) is 18.0 Å². The molecule has 0 fully saturated rings. The van der Waals surface area contributed by atoms with E-state index in [4.69, 9.17) is 0 Å². The van der Waals surface area contributed by atoms with Gasteiger partial charge in [0.15, 0.2) is 0 Å². The van der Waals surface area contributed by atoms with Gasteiger partial charge in [-0.05, 0) is 35.9 Å².